The SMILES string of the molecule is CC/C=C\C/C=C\C/C=C\C/C=C\CCCCC(=O)OC(COC(=O)CCCCCCCCCCCCCCCCC)COC(=O)CCCCCCCCCCCCCCCCCCCCCCCCCCCCC. The smallest absolute Gasteiger partial charge is 0.306 e. The third-order valence-electron chi connectivity index (χ3n) is 14.8. The molecule has 0 aromatic rings. The molecule has 75 heavy (non-hydrogen) atoms. The normalized spacial score (nSPS) is 12.3. The minimum absolute atomic E-state index is 0.0850. The number of carbonyl (C=O) groups excluding carboxylic acids is 3. The van der Waals surface area contributed by atoms with Crippen LogP contribution in [-0.4, -0.2) is 37.2 Å². The van der Waals surface area contributed by atoms with E-state index in [1.54, 1.807) is 0 Å². The summed E-state index contributed by atoms with van der Waals surface area (Å²) in [6.45, 7) is 6.55. The number of hydrogen-bond acceptors (Lipinski definition) is 6. The summed E-state index contributed by atoms with van der Waals surface area (Å²) in [5.41, 5.74) is 0. The number of rotatable bonds is 61. The largest absolute Gasteiger partial charge is 0.462 e. The van der Waals surface area contributed by atoms with Gasteiger partial charge in [-0.1, -0.05) is 326 Å². The molecule has 0 spiro atoms. The fraction of sp³-hybridized carbons (Fsp3) is 0.841. The van der Waals surface area contributed by atoms with Crippen molar-refractivity contribution >= 4 is 17.9 Å². The molecule has 0 saturated heterocycles. The van der Waals surface area contributed by atoms with Crippen molar-refractivity contribution in [2.24, 2.45) is 0 Å². The molecule has 0 aliphatic heterocycles. The van der Waals surface area contributed by atoms with Gasteiger partial charge in [0.15, 0.2) is 6.10 Å². The summed E-state index contributed by atoms with van der Waals surface area (Å²) >= 11 is 0. The molecule has 0 aliphatic carbocycles. The van der Waals surface area contributed by atoms with E-state index < -0.39 is 6.10 Å². The molecule has 438 valence electrons. The van der Waals surface area contributed by atoms with Gasteiger partial charge in [-0.2, -0.15) is 0 Å². The summed E-state index contributed by atoms with van der Waals surface area (Å²) in [7, 11) is 0. The van der Waals surface area contributed by atoms with E-state index in [1.807, 2.05) is 0 Å². The van der Waals surface area contributed by atoms with E-state index in [0.29, 0.717) is 19.3 Å². The number of unbranched alkanes of at least 4 members (excludes halogenated alkanes) is 42. The second-order valence-corrected chi connectivity index (χ2v) is 22.4. The van der Waals surface area contributed by atoms with Crippen molar-refractivity contribution in [3.63, 3.8) is 0 Å². The van der Waals surface area contributed by atoms with Gasteiger partial charge in [0.05, 0.1) is 0 Å². The molecule has 0 N–H and O–H groups in total. The number of esters is 3. The first-order valence-electron chi connectivity index (χ1n) is 33.1. The molecule has 0 aromatic carbocycles. The van der Waals surface area contributed by atoms with E-state index in [2.05, 4.69) is 69.4 Å². The van der Waals surface area contributed by atoms with E-state index in [1.165, 1.54) is 231 Å². The fourth-order valence-electron chi connectivity index (χ4n) is 9.91. The monoisotopic (exact) mass is 1050 g/mol. The Kier molecular flexibility index (Phi) is 61.7. The van der Waals surface area contributed by atoms with Crippen LogP contribution < -0.4 is 0 Å². The maximum absolute atomic E-state index is 12.9. The Morgan fingerprint density at radius 3 is 0.813 bits per heavy atom. The van der Waals surface area contributed by atoms with Crippen molar-refractivity contribution in [2.75, 3.05) is 13.2 Å². The fourth-order valence-corrected chi connectivity index (χ4v) is 9.91. The molecular formula is C69H126O6. The minimum Gasteiger partial charge on any atom is -0.462 e. The number of allylic oxidation sites excluding steroid dienone is 8. The molecule has 0 saturated carbocycles. The van der Waals surface area contributed by atoms with Crippen molar-refractivity contribution in [3.8, 4) is 0 Å². The highest BCUT2D eigenvalue weighted by atomic mass is 16.6. The van der Waals surface area contributed by atoms with Crippen LogP contribution in [0.5, 0.6) is 0 Å². The van der Waals surface area contributed by atoms with Gasteiger partial charge in [-0.3, -0.25) is 14.4 Å². The first-order valence-corrected chi connectivity index (χ1v) is 33.1. The molecule has 0 bridgehead atoms. The number of ether oxygens (including phenoxy) is 3. The van der Waals surface area contributed by atoms with Crippen molar-refractivity contribution in [2.45, 2.75) is 361 Å². The zero-order valence-corrected chi connectivity index (χ0v) is 50.3. The molecule has 0 amide bonds. The van der Waals surface area contributed by atoms with E-state index in [0.717, 1.165) is 77.0 Å². The third kappa shape index (κ3) is 62.1. The average molecular weight is 1050 g/mol. The van der Waals surface area contributed by atoms with Crippen LogP contribution in [0.2, 0.25) is 0 Å². The van der Waals surface area contributed by atoms with Gasteiger partial charge < -0.3 is 14.2 Å². The molecule has 0 rings (SSSR count). The van der Waals surface area contributed by atoms with Crippen molar-refractivity contribution < 1.29 is 28.6 Å². The van der Waals surface area contributed by atoms with E-state index in [4.69, 9.17) is 14.2 Å². The quantitative estimate of drug-likeness (QED) is 0.0261. The summed E-state index contributed by atoms with van der Waals surface area (Å²) in [6.07, 6.45) is 80.0. The summed E-state index contributed by atoms with van der Waals surface area (Å²) in [4.78, 5) is 38.3. The minimum atomic E-state index is -0.792. The maximum atomic E-state index is 12.9. The van der Waals surface area contributed by atoms with Crippen LogP contribution in [-0.2, 0) is 28.6 Å². The number of hydrogen-bond donors (Lipinski definition) is 0. The number of carbonyl (C=O) groups is 3. The average Bonchev–Trinajstić information content (AvgIpc) is 3.41. The zero-order chi connectivity index (χ0) is 54.3. The predicted molar refractivity (Wildman–Crippen MR) is 325 cm³/mol. The standard InChI is InChI=1S/C69H126O6/c1-4-7-10-13-16-19-22-25-28-29-30-31-32-33-34-35-36-37-38-39-42-44-47-50-53-56-59-62-68(71)74-65-66(75-69(72)63-60-57-54-51-48-45-41-27-24-21-18-15-12-9-6-3)64-73-67(70)61-58-55-52-49-46-43-40-26-23-20-17-14-11-8-5-2/h9,12,18,21,27,41,48,51,66H,4-8,10-11,13-17,19-20,22-26,28-40,42-47,49-50,52-65H2,1-3H3/b12-9-,21-18-,41-27-,51-48-. The van der Waals surface area contributed by atoms with E-state index in [-0.39, 0.29) is 37.5 Å². The lowest BCUT2D eigenvalue weighted by atomic mass is 10.0. The van der Waals surface area contributed by atoms with Gasteiger partial charge in [0.2, 0.25) is 0 Å². The highest BCUT2D eigenvalue weighted by Crippen LogP contribution is 2.18. The highest BCUT2D eigenvalue weighted by Gasteiger charge is 2.19. The van der Waals surface area contributed by atoms with Gasteiger partial charge in [0, 0.05) is 19.3 Å². The maximum Gasteiger partial charge on any atom is 0.306 e. The lowest BCUT2D eigenvalue weighted by Crippen LogP contribution is -2.30. The third-order valence-corrected chi connectivity index (χ3v) is 14.8. The van der Waals surface area contributed by atoms with Crippen LogP contribution in [0.25, 0.3) is 0 Å². The predicted octanol–water partition coefficient (Wildman–Crippen LogP) is 22.6. The van der Waals surface area contributed by atoms with Crippen LogP contribution in [0.3, 0.4) is 0 Å². The van der Waals surface area contributed by atoms with Crippen molar-refractivity contribution in [1.82, 2.24) is 0 Å². The first-order chi connectivity index (χ1) is 37.0. The van der Waals surface area contributed by atoms with Gasteiger partial charge in [-0.05, 0) is 57.8 Å². The van der Waals surface area contributed by atoms with Crippen molar-refractivity contribution in [1.29, 1.82) is 0 Å². The van der Waals surface area contributed by atoms with Gasteiger partial charge in [-0.15, -0.1) is 0 Å². The van der Waals surface area contributed by atoms with Crippen LogP contribution in [0.1, 0.15) is 355 Å². The summed E-state index contributed by atoms with van der Waals surface area (Å²) in [5.74, 6) is -0.904. The molecule has 0 aromatic heterocycles. The Labute approximate surface area is 467 Å². The molecule has 1 unspecified atom stereocenters. The van der Waals surface area contributed by atoms with Crippen LogP contribution in [0.15, 0.2) is 48.6 Å². The molecule has 1 atom stereocenters. The first kappa shape index (κ1) is 72.4. The molecule has 6 nitrogen and oxygen atoms in total. The van der Waals surface area contributed by atoms with Crippen molar-refractivity contribution in [3.05, 3.63) is 48.6 Å². The van der Waals surface area contributed by atoms with Gasteiger partial charge in [0.1, 0.15) is 13.2 Å². The highest BCUT2D eigenvalue weighted by molar-refractivity contribution is 5.71. The van der Waals surface area contributed by atoms with Crippen LogP contribution >= 0.6 is 0 Å². The lowest BCUT2D eigenvalue weighted by molar-refractivity contribution is -0.167. The molecular weight excluding hydrogens is 925 g/mol. The second kappa shape index (κ2) is 63.9. The topological polar surface area (TPSA) is 78.9 Å². The lowest BCUT2D eigenvalue weighted by Gasteiger charge is -2.18. The van der Waals surface area contributed by atoms with E-state index in [9.17, 15) is 14.4 Å². The molecule has 0 aliphatic rings. The Bertz CT molecular complexity index is 1300. The Morgan fingerprint density at radius 2 is 0.520 bits per heavy atom. The van der Waals surface area contributed by atoms with E-state index >= 15 is 0 Å². The summed E-state index contributed by atoms with van der Waals surface area (Å²) in [5, 5.41) is 0. The Balaban J connectivity index is 4.23. The zero-order valence-electron chi connectivity index (χ0n) is 50.3. The molecule has 0 heterocycles. The molecule has 0 radical (unpaired) electrons. The summed E-state index contributed by atoms with van der Waals surface area (Å²) < 4.78 is 16.9. The Morgan fingerprint density at radius 1 is 0.280 bits per heavy atom. The second-order valence-electron chi connectivity index (χ2n) is 22.4. The van der Waals surface area contributed by atoms with Crippen LogP contribution in [0.4, 0.5) is 0 Å². The van der Waals surface area contributed by atoms with Gasteiger partial charge >= 0.3 is 17.9 Å². The summed E-state index contributed by atoms with van der Waals surface area (Å²) in [6, 6.07) is 0. The molecule has 0 fully saturated rings. The van der Waals surface area contributed by atoms with Crippen LogP contribution in [0, 0.1) is 0 Å². The van der Waals surface area contributed by atoms with Gasteiger partial charge in [0.25, 0.3) is 0 Å². The molecule has 6 heteroatoms. The van der Waals surface area contributed by atoms with Gasteiger partial charge in [-0.25, -0.2) is 0 Å². The Hall–Kier alpha value is -2.63.